The molecule has 3 amide bonds. The molecule has 12 nitrogen and oxygen atoms in total. The van der Waals surface area contributed by atoms with Gasteiger partial charge in [0.1, 0.15) is 12.6 Å². The van der Waals surface area contributed by atoms with Crippen LogP contribution in [-0.2, 0) is 38.7 Å². The van der Waals surface area contributed by atoms with Crippen LogP contribution in [0.4, 0.5) is 4.79 Å². The number of carbonyl (C=O) groups is 3. The Kier molecular flexibility index (Phi) is 14.9. The number of rotatable bonds is 16. The van der Waals surface area contributed by atoms with Gasteiger partial charge in [-0.25, -0.2) is 9.78 Å². The molecule has 0 bridgehead atoms. The normalized spacial score (nSPS) is 18.6. The lowest BCUT2D eigenvalue weighted by Crippen LogP contribution is -2.60. The molecule has 5 atom stereocenters. The van der Waals surface area contributed by atoms with Crippen LogP contribution in [0.25, 0.3) is 0 Å². The highest BCUT2D eigenvalue weighted by molar-refractivity contribution is 7.09. The van der Waals surface area contributed by atoms with Crippen LogP contribution in [0, 0.1) is 5.92 Å². The summed E-state index contributed by atoms with van der Waals surface area (Å²) in [6.45, 7) is 14.7. The van der Waals surface area contributed by atoms with E-state index >= 15 is 0 Å². The van der Waals surface area contributed by atoms with E-state index in [1.54, 1.807) is 11.7 Å². The molecule has 280 valence electrons. The number of hydrogen-bond acceptors (Lipinski definition) is 11. The first-order valence-electron chi connectivity index (χ1n) is 17.6. The quantitative estimate of drug-likeness (QED) is 0.158. The van der Waals surface area contributed by atoms with E-state index < -0.39 is 41.8 Å². The van der Waals surface area contributed by atoms with Crippen LogP contribution in [0.15, 0.2) is 47.4 Å². The van der Waals surface area contributed by atoms with Crippen LogP contribution in [0.1, 0.15) is 88.4 Å². The zero-order valence-corrected chi connectivity index (χ0v) is 32.4. The number of nitrogens with zero attached hydrogens (tertiary/aromatic N) is 3. The Hall–Kier alpha value is -3.43. The molecule has 4 rings (SSSR count). The lowest BCUT2D eigenvalue weighted by molar-refractivity contribution is -0.134. The van der Waals surface area contributed by atoms with Crippen molar-refractivity contribution in [2.45, 2.75) is 123 Å². The zero-order chi connectivity index (χ0) is 37.1. The first-order chi connectivity index (χ1) is 24.2. The van der Waals surface area contributed by atoms with Crippen LogP contribution in [0.2, 0.25) is 0 Å². The highest BCUT2D eigenvalue weighted by Gasteiger charge is 2.38. The predicted molar refractivity (Wildman–Crippen MR) is 199 cm³/mol. The Labute approximate surface area is 309 Å². The predicted octanol–water partition coefficient (Wildman–Crippen LogP) is 5.03. The molecule has 0 spiro atoms. The highest BCUT2D eigenvalue weighted by Crippen LogP contribution is 2.24. The summed E-state index contributed by atoms with van der Waals surface area (Å²) >= 11 is 3.04. The summed E-state index contributed by atoms with van der Waals surface area (Å²) in [7, 11) is 0. The first-order valence-corrected chi connectivity index (χ1v) is 19.4. The summed E-state index contributed by atoms with van der Waals surface area (Å²) in [6.07, 6.45) is 1.38. The number of benzene rings is 1. The number of amides is 3. The second-order valence-corrected chi connectivity index (χ2v) is 16.7. The fourth-order valence-corrected chi connectivity index (χ4v) is 7.21. The molecule has 1 aliphatic rings. The first kappa shape index (κ1) is 40.3. The number of likely N-dealkylation sites (tertiary alicyclic amines) is 1. The van der Waals surface area contributed by atoms with Crippen molar-refractivity contribution in [1.29, 1.82) is 0 Å². The molecule has 0 unspecified atom stereocenters. The van der Waals surface area contributed by atoms with E-state index in [4.69, 9.17) is 9.47 Å². The fourth-order valence-electron chi connectivity index (χ4n) is 5.88. The number of carbonyl (C=O) groups excluding carboxylic acids is 3. The van der Waals surface area contributed by atoms with Gasteiger partial charge in [-0.1, -0.05) is 58.0 Å². The van der Waals surface area contributed by atoms with E-state index in [0.29, 0.717) is 38.1 Å². The topological polar surface area (TPSA) is 155 Å². The molecule has 3 aromatic rings. The van der Waals surface area contributed by atoms with Crippen LogP contribution in [0.3, 0.4) is 0 Å². The molecule has 0 radical (unpaired) electrons. The summed E-state index contributed by atoms with van der Waals surface area (Å²) < 4.78 is 11.6. The number of nitrogens with one attached hydrogen (secondary N) is 3. The summed E-state index contributed by atoms with van der Waals surface area (Å²) in [6, 6.07) is 7.44. The standard InChI is InChI=1S/C37H54N6O6S2/c1-23(2)32(41-36(47)49-19-26-21-50-35(39-26)24(3)4)34(46)40-29(15-25-11-9-8-10-12-25)31(44)18-43-14-13-27(48-20-28-17-38-22-51-28)16-30(43)33(45)42-37(5,6)7/h8-12,17,21-24,27,29-32,44H,13-16,18-20H2,1-7H3,(H,40,46)(H,41,47)(H,42,45)/t27-,29+,30+,31-,32+/m1/s1. The molecular formula is C37H54N6O6S2. The van der Waals surface area contributed by atoms with Gasteiger partial charge in [-0.05, 0) is 51.5 Å². The van der Waals surface area contributed by atoms with Crippen molar-refractivity contribution >= 4 is 40.6 Å². The Morgan fingerprint density at radius 2 is 1.80 bits per heavy atom. The SMILES string of the molecule is CC(C)c1nc(COC(=O)N[C@H](C(=O)N[C@@H](Cc2ccccc2)[C@H](O)CN2CC[C@@H](OCc3cncs3)C[C@H]2C(=O)NC(C)(C)C)C(C)C)cs1. The average molecular weight is 743 g/mol. The van der Waals surface area contributed by atoms with Gasteiger partial charge in [-0.3, -0.25) is 19.5 Å². The van der Waals surface area contributed by atoms with Gasteiger partial charge in [0.15, 0.2) is 0 Å². The third-order valence-corrected chi connectivity index (χ3v) is 10.5. The van der Waals surface area contributed by atoms with Gasteiger partial charge in [-0.2, -0.15) is 0 Å². The van der Waals surface area contributed by atoms with Crippen LogP contribution in [0.5, 0.6) is 0 Å². The molecule has 0 aliphatic carbocycles. The van der Waals surface area contributed by atoms with Gasteiger partial charge in [0, 0.05) is 36.1 Å². The maximum Gasteiger partial charge on any atom is 0.408 e. The van der Waals surface area contributed by atoms with E-state index in [0.717, 1.165) is 15.4 Å². The largest absolute Gasteiger partial charge is 0.443 e. The summed E-state index contributed by atoms with van der Waals surface area (Å²) in [5.41, 5.74) is 2.90. The number of aromatic nitrogens is 2. The Morgan fingerprint density at radius 1 is 1.06 bits per heavy atom. The molecule has 1 saturated heterocycles. The number of alkyl carbamates (subject to hydrolysis) is 1. The van der Waals surface area contributed by atoms with E-state index in [-0.39, 0.29) is 37.0 Å². The van der Waals surface area contributed by atoms with Crippen molar-refractivity contribution in [3.8, 4) is 0 Å². The zero-order valence-electron chi connectivity index (χ0n) is 30.8. The van der Waals surface area contributed by atoms with E-state index in [9.17, 15) is 19.5 Å². The molecule has 4 N–H and O–H groups in total. The fraction of sp³-hybridized carbons (Fsp3) is 0.595. The van der Waals surface area contributed by atoms with Gasteiger partial charge >= 0.3 is 6.09 Å². The molecular weight excluding hydrogens is 689 g/mol. The Morgan fingerprint density at radius 3 is 2.43 bits per heavy atom. The van der Waals surface area contributed by atoms with Gasteiger partial charge in [0.25, 0.3) is 0 Å². The molecule has 3 heterocycles. The highest BCUT2D eigenvalue weighted by atomic mass is 32.1. The second-order valence-electron chi connectivity index (χ2n) is 14.8. The monoisotopic (exact) mass is 742 g/mol. The van der Waals surface area contributed by atoms with Crippen molar-refractivity contribution in [3.63, 3.8) is 0 Å². The van der Waals surface area contributed by atoms with Gasteiger partial charge in [0.05, 0.1) is 52.0 Å². The number of aliphatic hydroxyl groups excluding tert-OH is 1. The van der Waals surface area contributed by atoms with Crippen molar-refractivity contribution in [2.75, 3.05) is 13.1 Å². The molecule has 0 saturated carbocycles. The van der Waals surface area contributed by atoms with E-state index in [1.165, 1.54) is 22.7 Å². The smallest absolute Gasteiger partial charge is 0.408 e. The van der Waals surface area contributed by atoms with Gasteiger partial charge in [-0.15, -0.1) is 22.7 Å². The number of ether oxygens (including phenoxy) is 2. The lowest BCUT2D eigenvalue weighted by atomic mass is 9.94. The summed E-state index contributed by atoms with van der Waals surface area (Å²) in [5, 5.41) is 23.5. The number of thiazole rings is 2. The lowest BCUT2D eigenvalue weighted by Gasteiger charge is -2.41. The third-order valence-electron chi connectivity index (χ3n) is 8.56. The Balaban J connectivity index is 1.45. The molecule has 1 aromatic carbocycles. The molecule has 2 aromatic heterocycles. The van der Waals surface area contributed by atoms with Gasteiger partial charge < -0.3 is 30.5 Å². The summed E-state index contributed by atoms with van der Waals surface area (Å²) in [4.78, 5) is 51.9. The van der Waals surface area contributed by atoms with Crippen molar-refractivity contribution < 1.29 is 29.0 Å². The van der Waals surface area contributed by atoms with Crippen LogP contribution >= 0.6 is 22.7 Å². The second kappa shape index (κ2) is 18.9. The Bertz CT molecular complexity index is 1530. The van der Waals surface area contributed by atoms with Crippen LogP contribution in [-0.4, -0.2) is 86.8 Å². The number of β-amino-alcohol motifs (C(OH)–C–C–N with tert-alkyl or cyclic N) is 1. The maximum atomic E-state index is 13.8. The average Bonchev–Trinajstić information content (AvgIpc) is 3.78. The minimum Gasteiger partial charge on any atom is -0.443 e. The van der Waals surface area contributed by atoms with Crippen LogP contribution < -0.4 is 16.0 Å². The number of hydrogen-bond donors (Lipinski definition) is 4. The maximum absolute atomic E-state index is 13.8. The minimum absolute atomic E-state index is 0.00619. The van der Waals surface area contributed by atoms with Gasteiger partial charge in [0.2, 0.25) is 11.8 Å². The summed E-state index contributed by atoms with van der Waals surface area (Å²) in [5.74, 6) is -0.564. The minimum atomic E-state index is -1.03. The number of aliphatic hydroxyl groups is 1. The molecule has 14 heteroatoms. The van der Waals surface area contributed by atoms with E-state index in [2.05, 4.69) is 39.8 Å². The van der Waals surface area contributed by atoms with Crippen molar-refractivity contribution in [2.24, 2.45) is 5.92 Å². The molecule has 1 aliphatic heterocycles. The molecule has 1 fully saturated rings. The third kappa shape index (κ3) is 12.9. The molecule has 51 heavy (non-hydrogen) atoms. The van der Waals surface area contributed by atoms with E-state index in [1.807, 2.05) is 75.2 Å². The van der Waals surface area contributed by atoms with Crippen molar-refractivity contribution in [1.82, 2.24) is 30.8 Å². The van der Waals surface area contributed by atoms with Crippen molar-refractivity contribution in [3.05, 3.63) is 68.6 Å². The number of piperidine rings is 1.